The highest BCUT2D eigenvalue weighted by molar-refractivity contribution is 6.20. The van der Waals surface area contributed by atoms with Gasteiger partial charge in [-0.25, -0.2) is 0 Å². The molecular weight excluding hydrogens is 188 g/mol. The quantitative estimate of drug-likeness (QED) is 0.660. The molecule has 13 heavy (non-hydrogen) atoms. The number of halogens is 1. The van der Waals surface area contributed by atoms with E-state index in [1.807, 2.05) is 0 Å². The molecule has 0 bridgehead atoms. The average Bonchev–Trinajstić information content (AvgIpc) is 2.01. The van der Waals surface area contributed by atoms with Crippen LogP contribution in [0.4, 0.5) is 0 Å². The lowest BCUT2D eigenvalue weighted by Gasteiger charge is -2.39. The van der Waals surface area contributed by atoms with E-state index in [-0.39, 0.29) is 17.4 Å². The highest BCUT2D eigenvalue weighted by Crippen LogP contribution is 2.41. The van der Waals surface area contributed by atoms with Gasteiger partial charge in [-0.1, -0.05) is 20.8 Å². The van der Waals surface area contributed by atoms with Crippen molar-refractivity contribution in [3.8, 4) is 0 Å². The van der Waals surface area contributed by atoms with E-state index >= 15 is 0 Å². The van der Waals surface area contributed by atoms with Crippen LogP contribution in [-0.2, 0) is 9.59 Å². The van der Waals surface area contributed by atoms with E-state index in [4.69, 9.17) is 11.6 Å². The standard InChI is InChI=1S/C10H17ClO2/c1-7(12)9(3,4)10(5,6-11)8(2)13/h6H2,1-5H3. The number of rotatable bonds is 4. The molecule has 0 aliphatic carbocycles. The number of carbonyl (C=O) groups is 2. The fourth-order valence-electron chi connectivity index (χ4n) is 1.09. The first kappa shape index (κ1) is 12.6. The van der Waals surface area contributed by atoms with E-state index in [1.54, 1.807) is 20.8 Å². The van der Waals surface area contributed by atoms with Gasteiger partial charge in [0.2, 0.25) is 0 Å². The molecule has 0 aliphatic rings. The summed E-state index contributed by atoms with van der Waals surface area (Å²) in [4.78, 5) is 22.8. The number of hydrogen-bond donors (Lipinski definition) is 0. The Kier molecular flexibility index (Phi) is 3.68. The maximum atomic E-state index is 11.4. The van der Waals surface area contributed by atoms with Crippen LogP contribution in [0.2, 0.25) is 0 Å². The molecule has 76 valence electrons. The van der Waals surface area contributed by atoms with Crippen molar-refractivity contribution in [1.29, 1.82) is 0 Å². The number of ketones is 2. The van der Waals surface area contributed by atoms with Crippen molar-refractivity contribution in [2.24, 2.45) is 10.8 Å². The topological polar surface area (TPSA) is 34.1 Å². The summed E-state index contributed by atoms with van der Waals surface area (Å²) < 4.78 is 0. The molecule has 1 unspecified atom stereocenters. The van der Waals surface area contributed by atoms with Crippen LogP contribution in [0.1, 0.15) is 34.6 Å². The molecule has 0 aliphatic heterocycles. The Labute approximate surface area is 84.7 Å². The third kappa shape index (κ3) is 1.93. The lowest BCUT2D eigenvalue weighted by Crippen LogP contribution is -2.46. The van der Waals surface area contributed by atoms with Gasteiger partial charge in [0, 0.05) is 11.3 Å². The third-order valence-corrected chi connectivity index (χ3v) is 3.84. The van der Waals surface area contributed by atoms with E-state index < -0.39 is 10.8 Å². The summed E-state index contributed by atoms with van der Waals surface area (Å²) in [6.07, 6.45) is 0. The summed E-state index contributed by atoms with van der Waals surface area (Å²) in [6, 6.07) is 0. The van der Waals surface area contributed by atoms with Crippen LogP contribution >= 0.6 is 11.6 Å². The van der Waals surface area contributed by atoms with Gasteiger partial charge in [-0.05, 0) is 13.8 Å². The van der Waals surface area contributed by atoms with E-state index in [1.165, 1.54) is 13.8 Å². The molecule has 0 heterocycles. The van der Waals surface area contributed by atoms with Crippen molar-refractivity contribution < 1.29 is 9.59 Å². The van der Waals surface area contributed by atoms with Crippen molar-refractivity contribution >= 4 is 23.2 Å². The van der Waals surface area contributed by atoms with Gasteiger partial charge in [0.05, 0.1) is 5.41 Å². The molecule has 0 amide bonds. The maximum Gasteiger partial charge on any atom is 0.137 e. The van der Waals surface area contributed by atoms with Crippen LogP contribution in [0.15, 0.2) is 0 Å². The van der Waals surface area contributed by atoms with Crippen molar-refractivity contribution in [3.63, 3.8) is 0 Å². The monoisotopic (exact) mass is 204 g/mol. The summed E-state index contributed by atoms with van der Waals surface area (Å²) in [5.41, 5.74) is -1.46. The molecule has 0 spiro atoms. The predicted octanol–water partition coefficient (Wildman–Crippen LogP) is 2.44. The summed E-state index contributed by atoms with van der Waals surface area (Å²) in [5, 5.41) is 0. The second-order valence-corrected chi connectivity index (χ2v) is 4.47. The Balaban J connectivity index is 5.19. The first-order valence-electron chi connectivity index (χ1n) is 4.28. The van der Waals surface area contributed by atoms with Gasteiger partial charge in [-0.15, -0.1) is 11.6 Å². The Bertz CT molecular complexity index is 233. The van der Waals surface area contributed by atoms with Crippen LogP contribution in [0.3, 0.4) is 0 Å². The van der Waals surface area contributed by atoms with Gasteiger partial charge in [-0.3, -0.25) is 9.59 Å². The fraction of sp³-hybridized carbons (Fsp3) is 0.800. The Morgan fingerprint density at radius 3 is 1.54 bits per heavy atom. The van der Waals surface area contributed by atoms with E-state index in [0.29, 0.717) is 0 Å². The lowest BCUT2D eigenvalue weighted by molar-refractivity contribution is -0.141. The molecule has 2 nitrogen and oxygen atoms in total. The van der Waals surface area contributed by atoms with E-state index in [0.717, 1.165) is 0 Å². The molecule has 3 heteroatoms. The highest BCUT2D eigenvalue weighted by Gasteiger charge is 2.47. The zero-order valence-corrected chi connectivity index (χ0v) is 9.66. The summed E-state index contributed by atoms with van der Waals surface area (Å²) >= 11 is 5.76. The number of hydrogen-bond acceptors (Lipinski definition) is 2. The Hall–Kier alpha value is -0.370. The normalized spacial score (nSPS) is 16.5. The molecule has 0 fully saturated rings. The molecule has 0 N–H and O–H groups in total. The largest absolute Gasteiger partial charge is 0.299 e. The summed E-state index contributed by atoms with van der Waals surface area (Å²) in [6.45, 7) is 8.24. The van der Waals surface area contributed by atoms with E-state index in [2.05, 4.69) is 0 Å². The van der Waals surface area contributed by atoms with Crippen molar-refractivity contribution in [3.05, 3.63) is 0 Å². The van der Waals surface area contributed by atoms with Crippen molar-refractivity contribution in [2.45, 2.75) is 34.6 Å². The smallest absolute Gasteiger partial charge is 0.137 e. The first-order chi connectivity index (χ1) is 5.70. The van der Waals surface area contributed by atoms with Gasteiger partial charge >= 0.3 is 0 Å². The zero-order chi connectivity index (χ0) is 10.9. The minimum Gasteiger partial charge on any atom is -0.299 e. The fourth-order valence-corrected chi connectivity index (χ4v) is 1.61. The van der Waals surface area contributed by atoms with Gasteiger partial charge in [0.1, 0.15) is 11.6 Å². The molecule has 0 saturated carbocycles. The van der Waals surface area contributed by atoms with Crippen molar-refractivity contribution in [2.75, 3.05) is 5.88 Å². The molecule has 0 aromatic carbocycles. The molecule has 0 saturated heterocycles. The van der Waals surface area contributed by atoms with Gasteiger partial charge in [0.15, 0.2) is 0 Å². The number of Topliss-reactive ketones (excluding diaryl/α,β-unsaturated/α-hetero) is 2. The van der Waals surface area contributed by atoms with Crippen LogP contribution in [0.5, 0.6) is 0 Å². The predicted molar refractivity (Wildman–Crippen MR) is 54.0 cm³/mol. The molecule has 0 aromatic heterocycles. The van der Waals surface area contributed by atoms with Gasteiger partial charge in [-0.2, -0.15) is 0 Å². The Morgan fingerprint density at radius 2 is 1.46 bits per heavy atom. The third-order valence-electron chi connectivity index (χ3n) is 3.30. The van der Waals surface area contributed by atoms with Gasteiger partial charge in [0.25, 0.3) is 0 Å². The Morgan fingerprint density at radius 1 is 1.08 bits per heavy atom. The summed E-state index contributed by atoms with van der Waals surface area (Å²) in [7, 11) is 0. The van der Waals surface area contributed by atoms with Crippen LogP contribution in [-0.4, -0.2) is 17.4 Å². The van der Waals surface area contributed by atoms with E-state index in [9.17, 15) is 9.59 Å². The zero-order valence-electron chi connectivity index (χ0n) is 8.90. The second-order valence-electron chi connectivity index (χ2n) is 4.20. The lowest BCUT2D eigenvalue weighted by atomic mass is 9.64. The molecule has 0 rings (SSSR count). The van der Waals surface area contributed by atoms with Gasteiger partial charge < -0.3 is 0 Å². The van der Waals surface area contributed by atoms with Crippen molar-refractivity contribution in [1.82, 2.24) is 0 Å². The minimum atomic E-state index is -0.764. The highest BCUT2D eigenvalue weighted by atomic mass is 35.5. The number of carbonyl (C=O) groups excluding carboxylic acids is 2. The van der Waals surface area contributed by atoms with Crippen LogP contribution < -0.4 is 0 Å². The minimum absolute atomic E-state index is 0.00847. The molecular formula is C10H17ClO2. The SMILES string of the molecule is CC(=O)C(C)(C)C(C)(CCl)C(C)=O. The second kappa shape index (κ2) is 3.79. The molecule has 0 aromatic rings. The average molecular weight is 205 g/mol. The molecule has 1 atom stereocenters. The maximum absolute atomic E-state index is 11.4. The first-order valence-corrected chi connectivity index (χ1v) is 4.81. The van der Waals surface area contributed by atoms with Crippen LogP contribution in [0, 0.1) is 10.8 Å². The number of alkyl halides is 1. The molecule has 0 radical (unpaired) electrons. The van der Waals surface area contributed by atoms with Crippen LogP contribution in [0.25, 0.3) is 0 Å². The summed E-state index contributed by atoms with van der Waals surface area (Å²) in [5.74, 6) is 0.128.